The van der Waals surface area contributed by atoms with E-state index in [-0.39, 0.29) is 17.2 Å². The molecule has 7 heteroatoms. The quantitative estimate of drug-likeness (QED) is 0.480. The van der Waals surface area contributed by atoms with Gasteiger partial charge in [-0.1, -0.05) is 0 Å². The fourth-order valence-corrected chi connectivity index (χ4v) is 2.35. The number of carbonyl (C=O) groups is 1. The molecule has 1 aliphatic heterocycles. The third-order valence-electron chi connectivity index (χ3n) is 2.93. The number of hydrogen-bond donors (Lipinski definition) is 0. The molecule has 1 aromatic carbocycles. The van der Waals surface area contributed by atoms with Gasteiger partial charge >= 0.3 is 0 Å². The first-order valence-electron chi connectivity index (χ1n) is 5.83. The van der Waals surface area contributed by atoms with Crippen molar-refractivity contribution in [2.45, 2.75) is 4.90 Å². The molecule has 0 N–H and O–H groups in total. The van der Waals surface area contributed by atoms with Gasteiger partial charge in [-0.3, -0.25) is 14.9 Å². The van der Waals surface area contributed by atoms with Gasteiger partial charge in [-0.05, 0) is 18.4 Å². The first kappa shape index (κ1) is 13.8. The maximum absolute atomic E-state index is 12.3. The Hall–Kier alpha value is -1.60. The molecule has 1 aliphatic rings. The Bertz CT molecular complexity index is 501. The molecular formula is C12H14N2O4S. The molecular weight excluding hydrogens is 268 g/mol. The number of nitro benzene ring substituents is 1. The van der Waals surface area contributed by atoms with E-state index in [1.807, 2.05) is 6.26 Å². The molecule has 1 aromatic rings. The number of benzene rings is 1. The van der Waals surface area contributed by atoms with Crippen LogP contribution in [0.25, 0.3) is 0 Å². The minimum absolute atomic E-state index is 0.144. The molecule has 102 valence electrons. The summed E-state index contributed by atoms with van der Waals surface area (Å²) in [7, 11) is 0. The van der Waals surface area contributed by atoms with E-state index >= 15 is 0 Å². The highest BCUT2D eigenvalue weighted by atomic mass is 32.2. The summed E-state index contributed by atoms with van der Waals surface area (Å²) in [6.45, 7) is 1.89. The zero-order chi connectivity index (χ0) is 13.8. The van der Waals surface area contributed by atoms with Crippen LogP contribution >= 0.6 is 11.8 Å². The van der Waals surface area contributed by atoms with Crippen LogP contribution in [0, 0.1) is 10.1 Å². The molecule has 1 fully saturated rings. The van der Waals surface area contributed by atoms with E-state index < -0.39 is 4.92 Å². The lowest BCUT2D eigenvalue weighted by Gasteiger charge is -2.26. The smallest absolute Gasteiger partial charge is 0.282 e. The molecule has 0 saturated carbocycles. The Balaban J connectivity index is 2.34. The molecule has 19 heavy (non-hydrogen) atoms. The summed E-state index contributed by atoms with van der Waals surface area (Å²) >= 11 is 1.45. The van der Waals surface area contributed by atoms with Gasteiger partial charge in [0, 0.05) is 24.1 Å². The standard InChI is InChI=1S/C12H14N2O4S/c1-19-9-2-3-11(14(16)17)10(8-9)12(15)13-4-6-18-7-5-13/h2-3,8H,4-7H2,1H3. The Morgan fingerprint density at radius 2 is 2.11 bits per heavy atom. The monoisotopic (exact) mass is 282 g/mol. The Morgan fingerprint density at radius 3 is 2.68 bits per heavy atom. The van der Waals surface area contributed by atoms with E-state index in [2.05, 4.69) is 0 Å². The Kier molecular flexibility index (Phi) is 4.39. The summed E-state index contributed by atoms with van der Waals surface area (Å²) in [5.74, 6) is -0.300. The molecule has 0 bridgehead atoms. The van der Waals surface area contributed by atoms with Crippen LogP contribution in [0.5, 0.6) is 0 Å². The van der Waals surface area contributed by atoms with Gasteiger partial charge in [0.15, 0.2) is 0 Å². The highest BCUT2D eigenvalue weighted by Gasteiger charge is 2.26. The highest BCUT2D eigenvalue weighted by molar-refractivity contribution is 7.98. The third-order valence-corrected chi connectivity index (χ3v) is 3.65. The third kappa shape index (κ3) is 3.05. The van der Waals surface area contributed by atoms with Gasteiger partial charge in [0.2, 0.25) is 0 Å². The number of morpholine rings is 1. The normalized spacial score (nSPS) is 15.3. The second-order valence-corrected chi connectivity index (χ2v) is 4.92. The topological polar surface area (TPSA) is 72.7 Å². The number of nitrogens with zero attached hydrogens (tertiary/aromatic N) is 2. The number of thioether (sulfide) groups is 1. The van der Waals surface area contributed by atoms with Crippen molar-refractivity contribution in [3.8, 4) is 0 Å². The van der Waals surface area contributed by atoms with Crippen molar-refractivity contribution in [2.75, 3.05) is 32.6 Å². The van der Waals surface area contributed by atoms with Crippen molar-refractivity contribution in [1.82, 2.24) is 4.90 Å². The zero-order valence-corrected chi connectivity index (χ0v) is 11.3. The van der Waals surface area contributed by atoms with Gasteiger partial charge in [-0.2, -0.15) is 0 Å². The van der Waals surface area contributed by atoms with Crippen molar-refractivity contribution in [3.05, 3.63) is 33.9 Å². The first-order chi connectivity index (χ1) is 9.13. The molecule has 0 radical (unpaired) electrons. The number of carbonyl (C=O) groups excluding carboxylic acids is 1. The Labute approximate surface area is 114 Å². The second kappa shape index (κ2) is 6.03. The van der Waals surface area contributed by atoms with Crippen molar-refractivity contribution in [3.63, 3.8) is 0 Å². The molecule has 0 atom stereocenters. The maximum atomic E-state index is 12.3. The zero-order valence-electron chi connectivity index (χ0n) is 10.5. The van der Waals surface area contributed by atoms with Gasteiger partial charge in [0.1, 0.15) is 5.56 Å². The van der Waals surface area contributed by atoms with Crippen LogP contribution in [0.15, 0.2) is 23.1 Å². The van der Waals surface area contributed by atoms with Crippen molar-refractivity contribution >= 4 is 23.4 Å². The highest BCUT2D eigenvalue weighted by Crippen LogP contribution is 2.26. The number of ether oxygens (including phenoxy) is 1. The molecule has 0 unspecified atom stereocenters. The summed E-state index contributed by atoms with van der Waals surface area (Å²) in [5.41, 5.74) is 0.00745. The summed E-state index contributed by atoms with van der Waals surface area (Å²) in [6.07, 6.45) is 1.87. The predicted molar refractivity (Wildman–Crippen MR) is 71.6 cm³/mol. The van der Waals surface area contributed by atoms with Gasteiger partial charge in [-0.25, -0.2) is 0 Å². The fraction of sp³-hybridized carbons (Fsp3) is 0.417. The van der Waals surface area contributed by atoms with Crippen LogP contribution in [0.4, 0.5) is 5.69 Å². The van der Waals surface area contributed by atoms with Crippen molar-refractivity contribution in [2.24, 2.45) is 0 Å². The molecule has 0 aromatic heterocycles. The van der Waals surface area contributed by atoms with Crippen molar-refractivity contribution in [1.29, 1.82) is 0 Å². The van der Waals surface area contributed by atoms with Gasteiger partial charge in [0.05, 0.1) is 18.1 Å². The van der Waals surface area contributed by atoms with E-state index in [4.69, 9.17) is 4.74 Å². The molecule has 6 nitrogen and oxygen atoms in total. The second-order valence-electron chi connectivity index (χ2n) is 4.04. The predicted octanol–water partition coefficient (Wildman–Crippen LogP) is 1.79. The van der Waals surface area contributed by atoms with E-state index in [1.54, 1.807) is 17.0 Å². The average Bonchev–Trinajstić information content (AvgIpc) is 2.46. The first-order valence-corrected chi connectivity index (χ1v) is 7.05. The van der Waals surface area contributed by atoms with Crippen LogP contribution in [0.2, 0.25) is 0 Å². The van der Waals surface area contributed by atoms with E-state index in [0.29, 0.717) is 26.3 Å². The lowest BCUT2D eigenvalue weighted by Crippen LogP contribution is -2.40. The number of hydrogen-bond acceptors (Lipinski definition) is 5. The molecule has 0 spiro atoms. The van der Waals surface area contributed by atoms with Gasteiger partial charge in [-0.15, -0.1) is 11.8 Å². The van der Waals surface area contributed by atoms with Crippen LogP contribution in [-0.4, -0.2) is 48.3 Å². The maximum Gasteiger partial charge on any atom is 0.282 e. The number of rotatable bonds is 3. The Morgan fingerprint density at radius 1 is 1.42 bits per heavy atom. The summed E-state index contributed by atoms with van der Waals surface area (Å²) in [4.78, 5) is 25.3. The van der Waals surface area contributed by atoms with E-state index in [0.717, 1.165) is 4.90 Å². The van der Waals surface area contributed by atoms with Crippen molar-refractivity contribution < 1.29 is 14.5 Å². The summed E-state index contributed by atoms with van der Waals surface area (Å²) < 4.78 is 5.18. The largest absolute Gasteiger partial charge is 0.378 e. The molecule has 0 aliphatic carbocycles. The summed E-state index contributed by atoms with van der Waals surface area (Å²) in [5, 5.41) is 11.0. The fourth-order valence-electron chi connectivity index (χ4n) is 1.91. The molecule has 1 heterocycles. The summed E-state index contributed by atoms with van der Waals surface area (Å²) in [6, 6.07) is 4.62. The molecule has 2 rings (SSSR count). The van der Waals surface area contributed by atoms with Gasteiger partial charge in [0.25, 0.3) is 11.6 Å². The lowest BCUT2D eigenvalue weighted by atomic mass is 10.1. The van der Waals surface area contributed by atoms with E-state index in [1.165, 1.54) is 17.8 Å². The van der Waals surface area contributed by atoms with Crippen LogP contribution in [-0.2, 0) is 4.74 Å². The minimum Gasteiger partial charge on any atom is -0.378 e. The van der Waals surface area contributed by atoms with Gasteiger partial charge < -0.3 is 9.64 Å². The van der Waals surface area contributed by atoms with Crippen LogP contribution in [0.3, 0.4) is 0 Å². The lowest BCUT2D eigenvalue weighted by molar-refractivity contribution is -0.385. The van der Waals surface area contributed by atoms with Crippen LogP contribution in [0.1, 0.15) is 10.4 Å². The molecule has 1 saturated heterocycles. The minimum atomic E-state index is -0.516. The number of amides is 1. The average molecular weight is 282 g/mol. The SMILES string of the molecule is CSc1ccc([N+](=O)[O-])c(C(=O)N2CCOCC2)c1. The number of nitro groups is 1. The van der Waals surface area contributed by atoms with E-state index in [9.17, 15) is 14.9 Å². The van der Waals surface area contributed by atoms with Crippen LogP contribution < -0.4 is 0 Å². The molecule has 1 amide bonds.